The van der Waals surface area contributed by atoms with Gasteiger partial charge < -0.3 is 24.5 Å². The number of nitrogens with two attached hydrogens (primary N) is 1. The van der Waals surface area contributed by atoms with Gasteiger partial charge in [0.1, 0.15) is 18.0 Å². The fraction of sp³-hybridized carbons (Fsp3) is 0.483. The number of ether oxygens (including phenoxy) is 3. The zero-order valence-corrected chi connectivity index (χ0v) is 20.9. The molecular weight excluding hydrogens is 454 g/mol. The summed E-state index contributed by atoms with van der Waals surface area (Å²) in [5.74, 6) is 1.40. The lowest BCUT2D eigenvalue weighted by Gasteiger charge is -2.30. The number of benzene rings is 2. The van der Waals surface area contributed by atoms with E-state index in [9.17, 15) is 4.79 Å². The first-order valence-electron chi connectivity index (χ1n) is 13.3. The molecule has 2 aromatic carbocycles. The van der Waals surface area contributed by atoms with Crippen molar-refractivity contribution < 1.29 is 19.0 Å². The Morgan fingerprint density at radius 1 is 1.06 bits per heavy atom. The average molecular weight is 490 g/mol. The van der Waals surface area contributed by atoms with Crippen LogP contribution in [0.3, 0.4) is 0 Å². The van der Waals surface area contributed by atoms with E-state index in [-0.39, 0.29) is 12.2 Å². The number of nitrogens with zero attached hydrogens (tertiary/aromatic N) is 1. The molecule has 7 nitrogen and oxygen atoms in total. The second-order valence-corrected chi connectivity index (χ2v) is 10.5. The molecule has 7 heteroatoms. The number of nitrogen functional groups attached to an aromatic ring is 1. The van der Waals surface area contributed by atoms with Crippen molar-refractivity contribution in [1.82, 2.24) is 4.57 Å². The highest BCUT2D eigenvalue weighted by molar-refractivity contribution is 6.01. The first kappa shape index (κ1) is 23.2. The summed E-state index contributed by atoms with van der Waals surface area (Å²) in [7, 11) is 0. The Bertz CT molecular complexity index is 1240. The quantitative estimate of drug-likeness (QED) is 0.394. The van der Waals surface area contributed by atoms with Gasteiger partial charge >= 0.3 is 6.09 Å². The minimum absolute atomic E-state index is 0.0393. The molecule has 0 radical (unpaired) electrons. The summed E-state index contributed by atoms with van der Waals surface area (Å²) in [6.45, 7) is 3.47. The van der Waals surface area contributed by atoms with Gasteiger partial charge in [0.15, 0.2) is 0 Å². The molecule has 3 fully saturated rings. The fourth-order valence-corrected chi connectivity index (χ4v) is 5.38. The van der Waals surface area contributed by atoms with Gasteiger partial charge in [-0.05, 0) is 69.2 Å². The Morgan fingerprint density at radius 3 is 2.47 bits per heavy atom. The summed E-state index contributed by atoms with van der Waals surface area (Å²) < 4.78 is 19.7. The number of carbonyl (C=O) groups is 1. The molecule has 190 valence electrons. The van der Waals surface area contributed by atoms with E-state index in [1.807, 2.05) is 37.3 Å². The molecule has 3 N–H and O–H groups in total. The van der Waals surface area contributed by atoms with Crippen LogP contribution in [0.5, 0.6) is 5.75 Å². The van der Waals surface area contributed by atoms with Crippen molar-refractivity contribution in [3.8, 4) is 17.0 Å². The van der Waals surface area contributed by atoms with E-state index in [1.165, 1.54) is 6.42 Å². The Labute approximate surface area is 211 Å². The lowest BCUT2D eigenvalue weighted by atomic mass is 9.92. The smallest absolute Gasteiger partial charge is 0.411 e. The van der Waals surface area contributed by atoms with Crippen LogP contribution in [0.15, 0.2) is 42.5 Å². The third-order valence-corrected chi connectivity index (χ3v) is 7.91. The molecule has 6 rings (SSSR count). The normalized spacial score (nSPS) is 19.6. The summed E-state index contributed by atoms with van der Waals surface area (Å²) in [5.41, 5.74) is 11.5. The second kappa shape index (κ2) is 9.69. The van der Waals surface area contributed by atoms with Crippen LogP contribution in [0.2, 0.25) is 0 Å². The van der Waals surface area contributed by atoms with Crippen molar-refractivity contribution in [2.75, 3.05) is 24.3 Å². The van der Waals surface area contributed by atoms with Crippen molar-refractivity contribution in [2.45, 2.75) is 70.1 Å². The Hall–Kier alpha value is -3.19. The highest BCUT2D eigenvalue weighted by Crippen LogP contribution is 2.45. The second-order valence-electron chi connectivity index (χ2n) is 10.5. The summed E-state index contributed by atoms with van der Waals surface area (Å²) in [6.07, 6.45) is 7.39. The van der Waals surface area contributed by atoms with Crippen molar-refractivity contribution in [2.24, 2.45) is 5.92 Å². The number of rotatable bonds is 7. The van der Waals surface area contributed by atoms with E-state index in [2.05, 4.69) is 22.0 Å². The van der Waals surface area contributed by atoms with Crippen LogP contribution in [0, 0.1) is 5.92 Å². The van der Waals surface area contributed by atoms with Crippen LogP contribution in [0.25, 0.3) is 22.2 Å². The molecule has 1 aromatic heterocycles. The summed E-state index contributed by atoms with van der Waals surface area (Å²) in [6, 6.07) is 14.6. The number of aromatic nitrogens is 1. The Kier molecular flexibility index (Phi) is 6.25. The third-order valence-electron chi connectivity index (χ3n) is 7.91. The van der Waals surface area contributed by atoms with Crippen LogP contribution in [0.4, 0.5) is 16.2 Å². The molecule has 1 atom stereocenters. The van der Waals surface area contributed by atoms with Crippen molar-refractivity contribution >= 4 is 28.4 Å². The van der Waals surface area contributed by atoms with Crippen LogP contribution in [-0.4, -0.2) is 36.1 Å². The third kappa shape index (κ3) is 4.64. The van der Waals surface area contributed by atoms with Crippen LogP contribution in [0.1, 0.15) is 57.9 Å². The van der Waals surface area contributed by atoms with Gasteiger partial charge in [-0.2, -0.15) is 0 Å². The van der Waals surface area contributed by atoms with Gasteiger partial charge in [-0.1, -0.05) is 12.1 Å². The highest BCUT2D eigenvalue weighted by Gasteiger charge is 2.31. The summed E-state index contributed by atoms with van der Waals surface area (Å²) >= 11 is 0. The standard InChI is InChI=1S/C29H35N3O4/c1-18(19-5-6-19)35-29(33)31-21-9-7-20(8-10-21)28-27(30)25-12-11-24(36-23-13-15-34-16-14-23)17-26(25)32(28)22-3-2-4-22/h7-12,17-19,22-23H,2-6,13-16,30H2,1H3,(H,31,33). The molecule has 0 spiro atoms. The van der Waals surface area contributed by atoms with Crippen molar-refractivity contribution in [1.29, 1.82) is 0 Å². The van der Waals surface area contributed by atoms with Crippen LogP contribution >= 0.6 is 0 Å². The zero-order chi connectivity index (χ0) is 24.6. The Morgan fingerprint density at radius 2 is 1.81 bits per heavy atom. The lowest BCUT2D eigenvalue weighted by Crippen LogP contribution is -2.25. The van der Waals surface area contributed by atoms with E-state index in [1.54, 1.807) is 0 Å². The number of anilines is 2. The molecule has 1 saturated heterocycles. The predicted molar refractivity (Wildman–Crippen MR) is 141 cm³/mol. The van der Waals surface area contributed by atoms with E-state index in [0.717, 1.165) is 85.3 Å². The van der Waals surface area contributed by atoms with Gasteiger partial charge in [0, 0.05) is 41.6 Å². The number of nitrogens with one attached hydrogen (secondary N) is 1. The summed E-state index contributed by atoms with van der Waals surface area (Å²) in [4.78, 5) is 12.3. The predicted octanol–water partition coefficient (Wildman–Crippen LogP) is 6.52. The molecule has 2 aliphatic carbocycles. The number of hydrogen-bond acceptors (Lipinski definition) is 5. The average Bonchev–Trinajstić information content (AvgIpc) is 3.66. The molecule has 0 bridgehead atoms. The largest absolute Gasteiger partial charge is 0.490 e. The molecule has 1 aliphatic heterocycles. The number of fused-ring (bicyclic) bond motifs is 1. The first-order chi connectivity index (χ1) is 17.6. The van der Waals surface area contributed by atoms with Crippen LogP contribution < -0.4 is 15.8 Å². The van der Waals surface area contributed by atoms with Gasteiger partial charge in [0.25, 0.3) is 0 Å². The highest BCUT2D eigenvalue weighted by atomic mass is 16.6. The minimum Gasteiger partial charge on any atom is -0.490 e. The van der Waals surface area contributed by atoms with Gasteiger partial charge in [-0.15, -0.1) is 0 Å². The number of hydrogen-bond donors (Lipinski definition) is 2. The maximum Gasteiger partial charge on any atom is 0.411 e. The molecule has 3 aromatic rings. The fourth-order valence-electron chi connectivity index (χ4n) is 5.38. The van der Waals surface area contributed by atoms with Gasteiger partial charge in [0.2, 0.25) is 0 Å². The van der Waals surface area contributed by atoms with E-state index in [4.69, 9.17) is 19.9 Å². The van der Waals surface area contributed by atoms with Crippen molar-refractivity contribution in [3.05, 3.63) is 42.5 Å². The van der Waals surface area contributed by atoms with E-state index >= 15 is 0 Å². The molecule has 1 amide bonds. The molecule has 2 saturated carbocycles. The SMILES string of the molecule is CC(OC(=O)Nc1ccc(-c2c(N)c3ccc(OC4CCOCC4)cc3n2C2CCC2)cc1)C1CC1. The molecule has 2 heterocycles. The summed E-state index contributed by atoms with van der Waals surface area (Å²) in [5, 5.41) is 3.91. The van der Waals surface area contributed by atoms with Gasteiger partial charge in [0.05, 0.1) is 30.1 Å². The van der Waals surface area contributed by atoms with Crippen molar-refractivity contribution in [3.63, 3.8) is 0 Å². The molecule has 3 aliphatic rings. The minimum atomic E-state index is -0.401. The molecule has 36 heavy (non-hydrogen) atoms. The van der Waals surface area contributed by atoms with E-state index in [0.29, 0.717) is 17.6 Å². The zero-order valence-electron chi connectivity index (χ0n) is 20.9. The van der Waals surface area contributed by atoms with E-state index < -0.39 is 6.09 Å². The topological polar surface area (TPSA) is 87.7 Å². The maximum atomic E-state index is 12.3. The van der Waals surface area contributed by atoms with Gasteiger partial charge in [-0.3, -0.25) is 5.32 Å². The number of amides is 1. The monoisotopic (exact) mass is 489 g/mol. The molecular formula is C29H35N3O4. The van der Waals surface area contributed by atoms with Gasteiger partial charge in [-0.25, -0.2) is 4.79 Å². The lowest BCUT2D eigenvalue weighted by molar-refractivity contribution is 0.0256. The van der Waals surface area contributed by atoms with Crippen LogP contribution in [-0.2, 0) is 9.47 Å². The number of carbonyl (C=O) groups excluding carboxylic acids is 1. The maximum absolute atomic E-state index is 12.3. The first-order valence-corrected chi connectivity index (χ1v) is 13.3. The Balaban J connectivity index is 1.27. The molecule has 1 unspecified atom stereocenters.